The first-order chi connectivity index (χ1) is 31.3. The molecule has 66 heavy (non-hydrogen) atoms. The van der Waals surface area contributed by atoms with Gasteiger partial charge in [0.1, 0.15) is 6.04 Å². The van der Waals surface area contributed by atoms with E-state index in [0.29, 0.717) is 69.2 Å². The van der Waals surface area contributed by atoms with E-state index in [1.165, 1.54) is 0 Å². The number of hydrogen-bond acceptors (Lipinski definition) is 12. The van der Waals surface area contributed by atoms with E-state index in [0.717, 1.165) is 46.3 Å². The van der Waals surface area contributed by atoms with Gasteiger partial charge in [0.05, 0.1) is 6.54 Å². The fraction of sp³-hybridized carbons (Fsp3) is 0.500. The first kappa shape index (κ1) is 56.3. The molecule has 0 spiro atoms. The summed E-state index contributed by atoms with van der Waals surface area (Å²) in [6, 6.07) is -0.847. The van der Waals surface area contributed by atoms with Crippen molar-refractivity contribution in [2.45, 2.75) is 145 Å². The van der Waals surface area contributed by atoms with E-state index in [9.17, 15) is 19.2 Å². The fourth-order valence-electron chi connectivity index (χ4n) is 7.77. The molecular weight excluding hydrogens is 833 g/mol. The Morgan fingerprint density at radius 1 is 0.727 bits per heavy atom. The van der Waals surface area contributed by atoms with Gasteiger partial charge >= 0.3 is 11.9 Å². The van der Waals surface area contributed by atoms with Gasteiger partial charge in [-0.15, -0.1) is 0 Å². The van der Waals surface area contributed by atoms with Crippen molar-refractivity contribution in [2.24, 2.45) is 38.1 Å². The Hall–Kier alpha value is -5.86. The number of hydrogen-bond donors (Lipinski definition) is 5. The quantitative estimate of drug-likeness (QED) is 0.0138. The largest absolute Gasteiger partial charge is 0.454 e. The van der Waals surface area contributed by atoms with Crippen molar-refractivity contribution in [2.75, 3.05) is 13.1 Å². The lowest BCUT2D eigenvalue weighted by Crippen LogP contribution is -2.43. The molecule has 0 aliphatic heterocycles. The lowest BCUT2D eigenvalue weighted by atomic mass is 9.71. The summed E-state index contributed by atoms with van der Waals surface area (Å²) < 4.78 is 11.3. The third-order valence-corrected chi connectivity index (χ3v) is 11.6. The average molecular weight is 909 g/mol. The van der Waals surface area contributed by atoms with Gasteiger partial charge in [0.25, 0.3) is 0 Å². The van der Waals surface area contributed by atoms with Crippen LogP contribution in [-0.2, 0) is 28.7 Å². The summed E-state index contributed by atoms with van der Waals surface area (Å²) >= 11 is 0. The minimum absolute atomic E-state index is 0.131. The molecule has 2 rings (SSSR count). The Labute approximate surface area is 393 Å². The van der Waals surface area contributed by atoms with Crippen molar-refractivity contribution in [1.29, 1.82) is 5.53 Å². The molecule has 7 N–H and O–H groups in total. The minimum Gasteiger partial charge on any atom is -0.454 e. The van der Waals surface area contributed by atoms with E-state index < -0.39 is 29.6 Å². The number of nitrogens with two attached hydrogens (primary N) is 2. The zero-order chi connectivity index (χ0) is 49.3. The Kier molecular flexibility index (Phi) is 24.7. The molecule has 0 saturated heterocycles. The standard InChI is InChI=1S/C52H76N8O6/c1-36(22-18-24-38(3)28-30-42-40(5)48(62)45(34-51(42,7)8)65-47(61)27-12-11-16-32-56-53)20-13-14-21-37(2)23-19-25-39(4)29-31-43-41(6)49(63)46(35-52(43,9)10)66-50(64)44(58-60-55)26-15-17-33-57-59-54/h13-14,18-25,28-31,44-46,56H,11-12,15-17,26-27,32-35,53H2,1-10H3,(H2,54,57)(H2,55,58)/b14-13+,22-18+,23-19+,30-28+,31-29+,36-20+,37-21+,38-24+,39-25+. The molecule has 14 heteroatoms. The van der Waals surface area contributed by atoms with Crippen LogP contribution >= 0.6 is 0 Å². The highest BCUT2D eigenvalue weighted by molar-refractivity contribution is 6.02. The van der Waals surface area contributed by atoms with E-state index in [1.54, 1.807) is 6.92 Å². The topological polar surface area (TPSA) is 224 Å². The SMILES string of the molecule is CC1=C(/C=C/C(C)=C/C=C/C(C)=C/C=C/C=C(C)/C=C/C=C(C)/C=C/C2=C(C)C(=O)C(OC(=O)C(CCCCN=NN)NN=N)CC2(C)C)C(C)(C)CC(OC(=O)CCCCCNN)C1=O. The molecule has 2 aliphatic carbocycles. The van der Waals surface area contributed by atoms with Crippen molar-refractivity contribution < 1.29 is 28.7 Å². The Bertz CT molecular complexity index is 2090. The highest BCUT2D eigenvalue weighted by Crippen LogP contribution is 2.42. The summed E-state index contributed by atoms with van der Waals surface area (Å²) in [6.45, 7) is 21.0. The van der Waals surface area contributed by atoms with Crippen LogP contribution in [0.15, 0.2) is 145 Å². The number of hydrazine groups is 1. The molecule has 2 aliphatic rings. The summed E-state index contributed by atoms with van der Waals surface area (Å²) in [4.78, 5) is 52.0. The van der Waals surface area contributed by atoms with Gasteiger partial charge in [-0.1, -0.05) is 152 Å². The second-order valence-electron chi connectivity index (χ2n) is 18.3. The van der Waals surface area contributed by atoms with Crippen LogP contribution < -0.4 is 22.5 Å². The Morgan fingerprint density at radius 3 is 1.70 bits per heavy atom. The maximum atomic E-state index is 13.4. The summed E-state index contributed by atoms with van der Waals surface area (Å²) in [7, 11) is 0. The van der Waals surface area contributed by atoms with Gasteiger partial charge in [-0.3, -0.25) is 31.1 Å². The minimum atomic E-state index is -0.925. The normalized spacial score (nSPS) is 20.6. The number of allylic oxidation sites excluding steroid dienone is 20. The number of ketones is 2. The predicted octanol–water partition coefficient (Wildman–Crippen LogP) is 10.4. The summed E-state index contributed by atoms with van der Waals surface area (Å²) in [5, 5.41) is 10.1. The first-order valence-corrected chi connectivity index (χ1v) is 22.9. The van der Waals surface area contributed by atoms with E-state index in [-0.39, 0.29) is 23.0 Å². The number of unbranched alkanes of at least 4 members (excludes halogenated alkanes) is 3. The van der Waals surface area contributed by atoms with Crippen molar-refractivity contribution in [1.82, 2.24) is 10.9 Å². The second kappa shape index (κ2) is 28.9. The van der Waals surface area contributed by atoms with Gasteiger partial charge in [0.15, 0.2) is 23.8 Å². The molecule has 0 aromatic carbocycles. The Morgan fingerprint density at radius 2 is 1.21 bits per heavy atom. The molecule has 0 fully saturated rings. The molecule has 360 valence electrons. The van der Waals surface area contributed by atoms with Gasteiger partial charge in [-0.05, 0) is 107 Å². The maximum Gasteiger partial charge on any atom is 0.331 e. The molecule has 3 atom stereocenters. The highest BCUT2D eigenvalue weighted by Gasteiger charge is 2.41. The van der Waals surface area contributed by atoms with Crippen LogP contribution in [0.3, 0.4) is 0 Å². The van der Waals surface area contributed by atoms with E-state index in [4.69, 9.17) is 26.7 Å². The molecule has 0 amide bonds. The van der Waals surface area contributed by atoms with Crippen molar-refractivity contribution >= 4 is 23.5 Å². The number of carbonyl (C=O) groups is 4. The molecule has 0 saturated carbocycles. The lowest BCUT2D eigenvalue weighted by Gasteiger charge is -2.36. The van der Waals surface area contributed by atoms with E-state index >= 15 is 0 Å². The Balaban J connectivity index is 1.97. The van der Waals surface area contributed by atoms with Crippen LogP contribution in [0.25, 0.3) is 0 Å². The summed E-state index contributed by atoms with van der Waals surface area (Å²) in [5.74, 6) is 9.02. The number of nitrogens with zero attached hydrogens (tertiary/aromatic N) is 3. The van der Waals surface area contributed by atoms with Crippen molar-refractivity contribution in [3.8, 4) is 0 Å². The van der Waals surface area contributed by atoms with Gasteiger partial charge in [-0.2, -0.15) is 10.6 Å². The number of Topliss-reactive ketones (excluding diaryl/α,β-unsaturated/α-hetero) is 2. The fourth-order valence-corrected chi connectivity index (χ4v) is 7.77. The summed E-state index contributed by atoms with van der Waals surface area (Å²) in [6.07, 6.45) is 31.6. The van der Waals surface area contributed by atoms with Crippen LogP contribution in [0.1, 0.15) is 127 Å². The number of ether oxygens (including phenoxy) is 2. The monoisotopic (exact) mass is 909 g/mol. The van der Waals surface area contributed by atoms with Crippen LogP contribution in [0.4, 0.5) is 0 Å². The lowest BCUT2D eigenvalue weighted by molar-refractivity contribution is -0.158. The third kappa shape index (κ3) is 19.7. The second-order valence-corrected chi connectivity index (χ2v) is 18.3. The van der Waals surface area contributed by atoms with Crippen LogP contribution in [0.2, 0.25) is 0 Å². The van der Waals surface area contributed by atoms with Crippen molar-refractivity contribution in [3.05, 3.63) is 130 Å². The average Bonchev–Trinajstić information content (AvgIpc) is 3.25. The van der Waals surface area contributed by atoms with Crippen LogP contribution in [-0.4, -0.2) is 54.8 Å². The molecule has 14 nitrogen and oxygen atoms in total. The van der Waals surface area contributed by atoms with Gasteiger partial charge in [-0.25, -0.2) is 4.79 Å². The smallest absolute Gasteiger partial charge is 0.331 e. The van der Waals surface area contributed by atoms with Crippen molar-refractivity contribution in [3.63, 3.8) is 0 Å². The maximum absolute atomic E-state index is 13.4. The van der Waals surface area contributed by atoms with E-state index in [1.807, 2.05) is 134 Å². The first-order valence-electron chi connectivity index (χ1n) is 22.9. The zero-order valence-electron chi connectivity index (χ0n) is 41.0. The van der Waals surface area contributed by atoms with Crippen LogP contribution in [0.5, 0.6) is 0 Å². The van der Waals surface area contributed by atoms with Gasteiger partial charge in [0.2, 0.25) is 0 Å². The van der Waals surface area contributed by atoms with Gasteiger partial charge < -0.3 is 15.3 Å². The number of esters is 2. The number of carbonyl (C=O) groups excluding carboxylic acids is 4. The molecule has 3 unspecified atom stereocenters. The molecule has 0 bridgehead atoms. The molecule has 0 radical (unpaired) electrons. The highest BCUT2D eigenvalue weighted by atomic mass is 16.6. The van der Waals surface area contributed by atoms with Crippen LogP contribution in [0, 0.1) is 16.4 Å². The van der Waals surface area contributed by atoms with E-state index in [2.05, 4.69) is 40.3 Å². The van der Waals surface area contributed by atoms with Gasteiger partial charge in [0, 0.05) is 25.8 Å². The predicted molar refractivity (Wildman–Crippen MR) is 263 cm³/mol. The molecular formula is C52H76N8O6. The molecule has 0 aromatic heterocycles. The molecule has 0 aromatic rings. The third-order valence-electron chi connectivity index (χ3n) is 11.6. The number of nitrogens with one attached hydrogen (secondary N) is 3. The number of rotatable bonds is 26. The zero-order valence-corrected chi connectivity index (χ0v) is 41.0. The summed E-state index contributed by atoms with van der Waals surface area (Å²) in [5.41, 5.74) is 18.7. The molecule has 0 heterocycles.